The van der Waals surface area contributed by atoms with E-state index in [0.717, 1.165) is 38.5 Å². The summed E-state index contributed by atoms with van der Waals surface area (Å²) in [6.07, 6.45) is 7.27. The number of hydrogen-bond acceptors (Lipinski definition) is 4. The molecule has 0 bridgehead atoms. The molecule has 0 N–H and O–H groups in total. The molecule has 0 aromatic carbocycles. The molecule has 4 rings (SSSR count). The summed E-state index contributed by atoms with van der Waals surface area (Å²) >= 11 is 1.99. The lowest BCUT2D eigenvalue weighted by Crippen LogP contribution is -2.46. The fourth-order valence-electron chi connectivity index (χ4n) is 3.61. The van der Waals surface area contributed by atoms with Gasteiger partial charge in [-0.25, -0.2) is 4.98 Å². The fraction of sp³-hybridized carbons (Fsp3) is 0.500. The van der Waals surface area contributed by atoms with E-state index in [9.17, 15) is 0 Å². The minimum Gasteiger partial charge on any atom is -0.354 e. The van der Waals surface area contributed by atoms with E-state index in [2.05, 4.69) is 32.3 Å². The number of thiophene rings is 1. The second-order valence-electron chi connectivity index (χ2n) is 6.32. The molecular formula is C18H23N3S. The molecule has 0 unspecified atom stereocenters. The van der Waals surface area contributed by atoms with Crippen molar-refractivity contribution >= 4 is 17.2 Å². The maximum atomic E-state index is 4.47. The first-order valence-corrected chi connectivity index (χ1v) is 9.24. The molecule has 1 aliphatic heterocycles. The minimum absolute atomic E-state index is 1.09. The maximum Gasteiger partial charge on any atom is 0.128 e. The van der Waals surface area contributed by atoms with Gasteiger partial charge >= 0.3 is 0 Å². The summed E-state index contributed by atoms with van der Waals surface area (Å²) in [7, 11) is 0. The summed E-state index contributed by atoms with van der Waals surface area (Å²) in [5.74, 6) is 1.12. The number of pyridine rings is 1. The number of aromatic nitrogens is 1. The molecule has 2 aromatic heterocycles. The molecule has 0 radical (unpaired) electrons. The predicted molar refractivity (Wildman–Crippen MR) is 92.7 cm³/mol. The lowest BCUT2D eigenvalue weighted by atomic mass is 9.95. The van der Waals surface area contributed by atoms with Gasteiger partial charge in [0, 0.05) is 43.8 Å². The topological polar surface area (TPSA) is 19.4 Å². The number of anilines is 1. The highest BCUT2D eigenvalue weighted by Crippen LogP contribution is 2.31. The van der Waals surface area contributed by atoms with E-state index in [1.165, 1.54) is 25.7 Å². The minimum atomic E-state index is 1.09. The summed E-state index contributed by atoms with van der Waals surface area (Å²) in [4.78, 5) is 11.1. The van der Waals surface area contributed by atoms with E-state index in [0.29, 0.717) is 0 Å². The second kappa shape index (κ2) is 6.39. The molecule has 3 heterocycles. The van der Waals surface area contributed by atoms with E-state index in [-0.39, 0.29) is 0 Å². The number of aryl methyl sites for hydroxylation is 1. The molecule has 22 heavy (non-hydrogen) atoms. The van der Waals surface area contributed by atoms with Crippen LogP contribution in [-0.2, 0) is 19.4 Å². The number of rotatable bonds is 3. The standard InChI is InChI=1S/C18H23N3S/c1-2-6-17-16(5-1)15(14-22-17)13-20-9-11-21(12-10-20)18-7-3-4-8-19-18/h3-4,7-8,14H,1-2,5-6,9-13H2. The quantitative estimate of drug-likeness (QED) is 0.866. The first-order valence-electron chi connectivity index (χ1n) is 8.36. The van der Waals surface area contributed by atoms with Gasteiger partial charge in [0.25, 0.3) is 0 Å². The highest BCUT2D eigenvalue weighted by atomic mass is 32.1. The summed E-state index contributed by atoms with van der Waals surface area (Å²) < 4.78 is 0. The lowest BCUT2D eigenvalue weighted by Gasteiger charge is -2.35. The van der Waals surface area contributed by atoms with Gasteiger partial charge in [0.05, 0.1) is 0 Å². The SMILES string of the molecule is c1ccc(N2CCN(Cc3csc4c3CCCC4)CC2)nc1. The van der Waals surface area contributed by atoms with Crippen molar-refractivity contribution < 1.29 is 0 Å². The molecule has 3 nitrogen and oxygen atoms in total. The van der Waals surface area contributed by atoms with Crippen molar-refractivity contribution in [3.63, 3.8) is 0 Å². The summed E-state index contributed by atoms with van der Waals surface area (Å²) in [6.45, 7) is 5.59. The van der Waals surface area contributed by atoms with Crippen LogP contribution in [0.1, 0.15) is 28.8 Å². The van der Waals surface area contributed by atoms with Gasteiger partial charge in [-0.3, -0.25) is 4.90 Å². The summed E-state index contributed by atoms with van der Waals surface area (Å²) in [5.41, 5.74) is 3.29. The zero-order chi connectivity index (χ0) is 14.8. The van der Waals surface area contributed by atoms with E-state index < -0.39 is 0 Å². The molecule has 1 aliphatic carbocycles. The van der Waals surface area contributed by atoms with Gasteiger partial charge in [-0.2, -0.15) is 0 Å². The molecule has 0 saturated carbocycles. The first kappa shape index (κ1) is 14.2. The van der Waals surface area contributed by atoms with Crippen LogP contribution in [0, 0.1) is 0 Å². The zero-order valence-corrected chi connectivity index (χ0v) is 13.8. The molecule has 2 aromatic rings. The molecule has 1 saturated heterocycles. The van der Waals surface area contributed by atoms with Crippen molar-refractivity contribution in [3.8, 4) is 0 Å². The maximum absolute atomic E-state index is 4.47. The van der Waals surface area contributed by atoms with Crippen molar-refractivity contribution in [2.45, 2.75) is 32.2 Å². The van der Waals surface area contributed by atoms with Crippen molar-refractivity contribution in [2.24, 2.45) is 0 Å². The van der Waals surface area contributed by atoms with E-state index in [1.54, 1.807) is 16.0 Å². The monoisotopic (exact) mass is 313 g/mol. The number of hydrogen-bond donors (Lipinski definition) is 0. The Labute approximate surface area is 136 Å². The van der Waals surface area contributed by atoms with Crippen LogP contribution in [0.15, 0.2) is 29.8 Å². The van der Waals surface area contributed by atoms with Crippen LogP contribution in [0.2, 0.25) is 0 Å². The summed E-state index contributed by atoms with van der Waals surface area (Å²) in [5, 5.41) is 2.42. The Balaban J connectivity index is 1.37. The molecule has 116 valence electrons. The van der Waals surface area contributed by atoms with Crippen molar-refractivity contribution in [1.29, 1.82) is 0 Å². The zero-order valence-electron chi connectivity index (χ0n) is 13.0. The third-order valence-corrected chi connectivity index (χ3v) is 6.03. The van der Waals surface area contributed by atoms with Crippen LogP contribution < -0.4 is 4.90 Å². The normalized spacial score (nSPS) is 19.2. The van der Waals surface area contributed by atoms with Gasteiger partial charge in [-0.05, 0) is 54.3 Å². The van der Waals surface area contributed by atoms with Crippen molar-refractivity contribution in [2.75, 3.05) is 31.1 Å². The van der Waals surface area contributed by atoms with Crippen LogP contribution in [0.25, 0.3) is 0 Å². The smallest absolute Gasteiger partial charge is 0.128 e. The van der Waals surface area contributed by atoms with Crippen LogP contribution in [0.3, 0.4) is 0 Å². The van der Waals surface area contributed by atoms with Gasteiger partial charge < -0.3 is 4.90 Å². The number of fused-ring (bicyclic) bond motifs is 1. The molecular weight excluding hydrogens is 290 g/mol. The Hall–Kier alpha value is -1.39. The number of nitrogens with zero attached hydrogens (tertiary/aromatic N) is 3. The highest BCUT2D eigenvalue weighted by Gasteiger charge is 2.21. The molecule has 0 spiro atoms. The van der Waals surface area contributed by atoms with Crippen LogP contribution >= 0.6 is 11.3 Å². The Morgan fingerprint density at radius 2 is 1.91 bits per heavy atom. The largest absolute Gasteiger partial charge is 0.354 e. The van der Waals surface area contributed by atoms with Crippen LogP contribution in [0.5, 0.6) is 0 Å². The third-order valence-electron chi connectivity index (χ3n) is 4.89. The second-order valence-corrected chi connectivity index (χ2v) is 7.29. The third kappa shape index (κ3) is 2.90. The molecule has 1 fully saturated rings. The molecule has 2 aliphatic rings. The Morgan fingerprint density at radius 3 is 2.73 bits per heavy atom. The Bertz CT molecular complexity index is 615. The van der Waals surface area contributed by atoms with Gasteiger partial charge in [-0.1, -0.05) is 6.07 Å². The van der Waals surface area contributed by atoms with Gasteiger partial charge in [0.15, 0.2) is 0 Å². The van der Waals surface area contributed by atoms with E-state index in [1.807, 2.05) is 23.6 Å². The number of piperazine rings is 1. The van der Waals surface area contributed by atoms with Gasteiger partial charge in [0.1, 0.15) is 5.82 Å². The van der Waals surface area contributed by atoms with Gasteiger partial charge in [0.2, 0.25) is 0 Å². The van der Waals surface area contributed by atoms with E-state index in [4.69, 9.17) is 0 Å². The first-order chi connectivity index (χ1) is 10.9. The molecule has 0 atom stereocenters. The van der Waals surface area contributed by atoms with Crippen molar-refractivity contribution in [3.05, 3.63) is 45.8 Å². The van der Waals surface area contributed by atoms with Crippen LogP contribution in [0.4, 0.5) is 5.82 Å². The predicted octanol–water partition coefficient (Wildman–Crippen LogP) is 3.34. The fourth-order valence-corrected chi connectivity index (χ4v) is 4.75. The van der Waals surface area contributed by atoms with E-state index >= 15 is 0 Å². The summed E-state index contributed by atoms with van der Waals surface area (Å²) in [6, 6.07) is 6.18. The molecule has 4 heteroatoms. The average Bonchev–Trinajstić information content (AvgIpc) is 3.00. The van der Waals surface area contributed by atoms with Crippen molar-refractivity contribution in [1.82, 2.24) is 9.88 Å². The molecule has 0 amide bonds. The average molecular weight is 313 g/mol. The Kier molecular flexibility index (Phi) is 4.13. The lowest BCUT2D eigenvalue weighted by molar-refractivity contribution is 0.249. The van der Waals surface area contributed by atoms with Crippen LogP contribution in [-0.4, -0.2) is 36.1 Å². The van der Waals surface area contributed by atoms with Gasteiger partial charge in [-0.15, -0.1) is 11.3 Å². The Morgan fingerprint density at radius 1 is 1.05 bits per heavy atom. The highest BCUT2D eigenvalue weighted by molar-refractivity contribution is 7.10.